The molecule has 9 heteroatoms. The molecule has 0 aromatic heterocycles. The van der Waals surface area contributed by atoms with Crippen molar-refractivity contribution in [3.8, 4) is 5.75 Å². The predicted molar refractivity (Wildman–Crippen MR) is 99.5 cm³/mol. The van der Waals surface area contributed by atoms with Crippen LogP contribution in [0.4, 0.5) is 0 Å². The molecule has 7 nitrogen and oxygen atoms in total. The molecule has 1 N–H and O–H groups in total. The van der Waals surface area contributed by atoms with Crippen LogP contribution >= 0.6 is 11.6 Å². The van der Waals surface area contributed by atoms with Crippen molar-refractivity contribution >= 4 is 33.4 Å². The van der Waals surface area contributed by atoms with E-state index in [1.165, 1.54) is 25.3 Å². The summed E-state index contributed by atoms with van der Waals surface area (Å²) in [5.41, 5.74) is 0.298. The minimum Gasteiger partial charge on any atom is -0.496 e. The van der Waals surface area contributed by atoms with Crippen molar-refractivity contribution in [1.29, 1.82) is 0 Å². The number of sulfonamides is 1. The Morgan fingerprint density at radius 1 is 1.07 bits per heavy atom. The number of nitrogens with one attached hydrogen (secondary N) is 1. The van der Waals surface area contributed by atoms with Gasteiger partial charge in [0.1, 0.15) is 10.6 Å². The van der Waals surface area contributed by atoms with E-state index in [-0.39, 0.29) is 22.9 Å². The molecule has 0 heterocycles. The number of methoxy groups -OCH3 is 1. The molecular weight excluding hydrogens is 394 g/mol. The summed E-state index contributed by atoms with van der Waals surface area (Å²) < 4.78 is 36.5. The first-order valence-electron chi connectivity index (χ1n) is 7.91. The van der Waals surface area contributed by atoms with Crippen molar-refractivity contribution in [1.82, 2.24) is 4.72 Å². The highest BCUT2D eigenvalue weighted by Gasteiger charge is 2.18. The highest BCUT2D eigenvalue weighted by atomic mass is 35.5. The van der Waals surface area contributed by atoms with Crippen LogP contribution in [-0.4, -0.2) is 40.4 Å². The molecule has 0 radical (unpaired) electrons. The van der Waals surface area contributed by atoms with Crippen LogP contribution in [0.2, 0.25) is 5.02 Å². The molecule has 0 unspecified atom stereocenters. The number of ketones is 1. The van der Waals surface area contributed by atoms with Gasteiger partial charge in [-0.2, -0.15) is 0 Å². The Morgan fingerprint density at radius 3 is 2.44 bits per heavy atom. The molecule has 0 aliphatic carbocycles. The first-order chi connectivity index (χ1) is 12.8. The first kappa shape index (κ1) is 20.9. The maximum Gasteiger partial charge on any atom is 0.307 e. The van der Waals surface area contributed by atoms with Crippen molar-refractivity contribution in [3.63, 3.8) is 0 Å². The minimum absolute atomic E-state index is 0.0774. The SMILES string of the molecule is COc1ccccc1C(=O)COC(=O)CCNS(=O)(=O)c1ccccc1Cl. The van der Waals surface area contributed by atoms with Crippen LogP contribution in [0.1, 0.15) is 16.8 Å². The summed E-state index contributed by atoms with van der Waals surface area (Å²) in [5.74, 6) is -0.747. The fourth-order valence-corrected chi connectivity index (χ4v) is 3.75. The van der Waals surface area contributed by atoms with Crippen molar-refractivity contribution in [2.24, 2.45) is 0 Å². The summed E-state index contributed by atoms with van der Waals surface area (Å²) in [6.07, 6.45) is -0.233. The number of para-hydroxylation sites is 1. The molecule has 0 spiro atoms. The molecule has 2 aromatic carbocycles. The van der Waals surface area contributed by atoms with Gasteiger partial charge in [0.05, 0.1) is 24.1 Å². The number of halogens is 1. The Bertz CT molecular complexity index is 929. The maximum atomic E-state index is 12.1. The van der Waals surface area contributed by atoms with Crippen molar-refractivity contribution in [2.45, 2.75) is 11.3 Å². The van der Waals surface area contributed by atoms with E-state index in [0.29, 0.717) is 11.3 Å². The Morgan fingerprint density at radius 2 is 1.74 bits per heavy atom. The second-order valence-corrected chi connectivity index (χ2v) is 7.50. The first-order valence-corrected chi connectivity index (χ1v) is 9.77. The lowest BCUT2D eigenvalue weighted by Gasteiger charge is -2.09. The number of carbonyl (C=O) groups excluding carboxylic acids is 2. The Labute approximate surface area is 162 Å². The van der Waals surface area contributed by atoms with Gasteiger partial charge in [-0.25, -0.2) is 13.1 Å². The fourth-order valence-electron chi connectivity index (χ4n) is 2.20. The van der Waals surface area contributed by atoms with E-state index in [2.05, 4.69) is 4.72 Å². The second kappa shape index (κ2) is 9.50. The van der Waals surface area contributed by atoms with E-state index >= 15 is 0 Å². The van der Waals surface area contributed by atoms with Crippen molar-refractivity contribution in [2.75, 3.05) is 20.3 Å². The van der Waals surface area contributed by atoms with Gasteiger partial charge < -0.3 is 9.47 Å². The van der Waals surface area contributed by atoms with Gasteiger partial charge in [-0.1, -0.05) is 35.9 Å². The Hall–Kier alpha value is -2.42. The summed E-state index contributed by atoms with van der Waals surface area (Å²) in [6, 6.07) is 12.5. The number of hydrogen-bond acceptors (Lipinski definition) is 6. The lowest BCUT2D eigenvalue weighted by atomic mass is 10.1. The van der Waals surface area contributed by atoms with Crippen LogP contribution < -0.4 is 9.46 Å². The van der Waals surface area contributed by atoms with E-state index in [4.69, 9.17) is 21.1 Å². The van der Waals surface area contributed by atoms with Gasteiger partial charge in [-0.15, -0.1) is 0 Å². The normalized spacial score (nSPS) is 11.0. The van der Waals surface area contributed by atoms with Gasteiger partial charge in [0.15, 0.2) is 6.61 Å². The van der Waals surface area contributed by atoms with Crippen molar-refractivity contribution < 1.29 is 27.5 Å². The molecular formula is C18H18ClNO6S. The van der Waals surface area contributed by atoms with Crippen LogP contribution in [0.3, 0.4) is 0 Å². The lowest BCUT2D eigenvalue weighted by molar-refractivity contribution is -0.142. The van der Waals surface area contributed by atoms with E-state index in [0.717, 1.165) is 0 Å². The molecule has 0 saturated carbocycles. The molecule has 2 rings (SSSR count). The molecule has 0 aliphatic heterocycles. The largest absolute Gasteiger partial charge is 0.496 e. The molecule has 0 aliphatic rings. The van der Waals surface area contributed by atoms with Crippen LogP contribution in [0.25, 0.3) is 0 Å². The highest BCUT2D eigenvalue weighted by molar-refractivity contribution is 7.89. The van der Waals surface area contributed by atoms with Crippen LogP contribution in [0, 0.1) is 0 Å². The van der Waals surface area contributed by atoms with Crippen LogP contribution in [-0.2, 0) is 19.6 Å². The molecule has 0 saturated heterocycles. The third-order valence-corrected chi connectivity index (χ3v) is 5.48. The summed E-state index contributed by atoms with van der Waals surface area (Å²) in [4.78, 5) is 23.8. The second-order valence-electron chi connectivity index (χ2n) is 5.36. The number of benzene rings is 2. The molecule has 0 atom stereocenters. The van der Waals surface area contributed by atoms with E-state index in [9.17, 15) is 18.0 Å². The lowest BCUT2D eigenvalue weighted by Crippen LogP contribution is -2.27. The van der Waals surface area contributed by atoms with Crippen LogP contribution in [0.15, 0.2) is 53.4 Å². The van der Waals surface area contributed by atoms with Crippen molar-refractivity contribution in [3.05, 3.63) is 59.1 Å². The van der Waals surface area contributed by atoms with E-state index in [1.807, 2.05) is 0 Å². The summed E-state index contributed by atoms with van der Waals surface area (Å²) in [6.45, 7) is -0.647. The number of hydrogen-bond donors (Lipinski definition) is 1. The van der Waals surface area contributed by atoms with Gasteiger partial charge in [0.25, 0.3) is 0 Å². The number of carbonyl (C=O) groups is 2. The third-order valence-electron chi connectivity index (χ3n) is 3.52. The maximum absolute atomic E-state index is 12.1. The fraction of sp³-hybridized carbons (Fsp3) is 0.222. The molecule has 0 fully saturated rings. The average Bonchev–Trinajstić information content (AvgIpc) is 2.66. The number of rotatable bonds is 9. The summed E-state index contributed by atoms with van der Waals surface area (Å²) >= 11 is 5.86. The quantitative estimate of drug-likeness (QED) is 0.502. The van der Waals surface area contributed by atoms with Gasteiger partial charge in [0.2, 0.25) is 15.8 Å². The summed E-state index contributed by atoms with van der Waals surface area (Å²) in [7, 11) is -2.41. The molecule has 2 aromatic rings. The number of Topliss-reactive ketones (excluding diaryl/α,β-unsaturated/α-hetero) is 1. The topological polar surface area (TPSA) is 98.8 Å². The van der Waals surface area contributed by atoms with Gasteiger partial charge in [0, 0.05) is 6.54 Å². The average molecular weight is 412 g/mol. The molecule has 27 heavy (non-hydrogen) atoms. The zero-order valence-electron chi connectivity index (χ0n) is 14.5. The zero-order valence-corrected chi connectivity index (χ0v) is 16.0. The number of ether oxygens (including phenoxy) is 2. The minimum atomic E-state index is -3.84. The monoisotopic (exact) mass is 411 g/mol. The smallest absolute Gasteiger partial charge is 0.307 e. The van der Waals surface area contributed by atoms with E-state index < -0.39 is 28.4 Å². The third kappa shape index (κ3) is 5.78. The van der Waals surface area contributed by atoms with Gasteiger partial charge in [-0.05, 0) is 24.3 Å². The predicted octanol–water partition coefficient (Wildman–Crippen LogP) is 2.44. The molecule has 144 valence electrons. The van der Waals surface area contributed by atoms with Gasteiger partial charge >= 0.3 is 5.97 Å². The van der Waals surface area contributed by atoms with Gasteiger partial charge in [-0.3, -0.25) is 9.59 Å². The zero-order chi connectivity index (χ0) is 19.9. The molecule has 0 amide bonds. The molecule has 0 bridgehead atoms. The standard InChI is InChI=1S/C18H18ClNO6S/c1-25-16-8-4-2-6-13(16)15(21)12-26-18(22)10-11-20-27(23,24)17-9-5-3-7-14(17)19/h2-9,20H,10-12H2,1H3. The highest BCUT2D eigenvalue weighted by Crippen LogP contribution is 2.20. The number of esters is 1. The van der Waals surface area contributed by atoms with Crippen LogP contribution in [0.5, 0.6) is 5.75 Å². The summed E-state index contributed by atoms with van der Waals surface area (Å²) in [5, 5.41) is 0.0787. The van der Waals surface area contributed by atoms with E-state index in [1.54, 1.807) is 30.3 Å². The Kier molecular flexibility index (Phi) is 7.35. The Balaban J connectivity index is 1.83.